The van der Waals surface area contributed by atoms with Crippen LogP contribution in [0, 0.1) is 5.82 Å². The smallest absolute Gasteiger partial charge is 0.246 e. The van der Waals surface area contributed by atoms with Crippen molar-refractivity contribution in [2.75, 3.05) is 7.05 Å². The van der Waals surface area contributed by atoms with E-state index in [0.29, 0.717) is 10.2 Å². The van der Waals surface area contributed by atoms with Gasteiger partial charge in [0.1, 0.15) is 10.7 Å². The molecule has 4 nitrogen and oxygen atoms in total. The van der Waals surface area contributed by atoms with Crippen molar-refractivity contribution in [1.82, 2.24) is 9.29 Å². The molecule has 0 aliphatic heterocycles. The zero-order valence-corrected chi connectivity index (χ0v) is 14.9. The highest BCUT2D eigenvalue weighted by Gasteiger charge is 2.27. The Morgan fingerprint density at radius 1 is 1.48 bits per heavy atom. The van der Waals surface area contributed by atoms with Crippen LogP contribution in [0.25, 0.3) is 0 Å². The van der Waals surface area contributed by atoms with Crippen molar-refractivity contribution in [2.24, 2.45) is 0 Å². The third kappa shape index (κ3) is 3.62. The van der Waals surface area contributed by atoms with Gasteiger partial charge in [0.25, 0.3) is 0 Å². The summed E-state index contributed by atoms with van der Waals surface area (Å²) in [5.74, 6) is -0.929. The van der Waals surface area contributed by atoms with E-state index in [4.69, 9.17) is 11.6 Å². The second-order valence-electron chi connectivity index (χ2n) is 4.25. The summed E-state index contributed by atoms with van der Waals surface area (Å²) in [4.78, 5) is 3.63. The van der Waals surface area contributed by atoms with Crippen LogP contribution < -0.4 is 0 Å². The van der Waals surface area contributed by atoms with Crippen molar-refractivity contribution in [3.05, 3.63) is 44.6 Å². The predicted molar refractivity (Wildman–Crippen MR) is 84.4 cm³/mol. The van der Waals surface area contributed by atoms with Crippen LogP contribution in [0.4, 0.5) is 4.39 Å². The number of nitrogens with zero attached hydrogens (tertiary/aromatic N) is 2. The fourth-order valence-corrected chi connectivity index (χ4v) is 4.37. The van der Waals surface area contributed by atoms with Crippen LogP contribution >= 0.6 is 38.9 Å². The molecule has 0 atom stereocenters. The molecule has 1 aromatic carbocycles. The molecule has 0 fully saturated rings. The first-order chi connectivity index (χ1) is 9.86. The Hall–Kier alpha value is -0.540. The van der Waals surface area contributed by atoms with Crippen LogP contribution in [0.3, 0.4) is 0 Å². The Morgan fingerprint density at radius 2 is 2.19 bits per heavy atom. The fraction of sp³-hybridized carbons (Fsp3) is 0.250. The molecule has 0 unspecified atom stereocenters. The summed E-state index contributed by atoms with van der Waals surface area (Å²) in [6.45, 7) is 0.0774. The van der Waals surface area contributed by atoms with E-state index in [9.17, 15) is 12.8 Å². The summed E-state index contributed by atoms with van der Waals surface area (Å²) in [6, 6.07) is 2.69. The van der Waals surface area contributed by atoms with Crippen molar-refractivity contribution in [1.29, 1.82) is 0 Å². The van der Waals surface area contributed by atoms with Crippen LogP contribution in [0.2, 0.25) is 0 Å². The summed E-state index contributed by atoms with van der Waals surface area (Å²) >= 11 is 10.2. The maximum atomic E-state index is 14.3. The van der Waals surface area contributed by atoms with Crippen LogP contribution in [-0.4, -0.2) is 24.8 Å². The zero-order valence-electron chi connectivity index (χ0n) is 10.9. The van der Waals surface area contributed by atoms with E-state index in [2.05, 4.69) is 20.9 Å². The third-order valence-corrected chi connectivity index (χ3v) is 5.96. The molecule has 0 saturated carbocycles. The average molecular weight is 414 g/mol. The first-order valence-corrected chi connectivity index (χ1v) is 9.44. The minimum Gasteiger partial charge on any atom is -0.248 e. The second kappa shape index (κ2) is 6.70. The van der Waals surface area contributed by atoms with Gasteiger partial charge in [-0.15, -0.1) is 22.9 Å². The van der Waals surface area contributed by atoms with E-state index in [1.54, 1.807) is 10.9 Å². The van der Waals surface area contributed by atoms with Gasteiger partial charge in [0.2, 0.25) is 10.0 Å². The first-order valence-electron chi connectivity index (χ1n) is 5.73. The largest absolute Gasteiger partial charge is 0.248 e. The molecule has 0 radical (unpaired) electrons. The lowest BCUT2D eigenvalue weighted by molar-refractivity contribution is 0.455. The molecule has 1 heterocycles. The normalized spacial score (nSPS) is 12.0. The third-order valence-electron chi connectivity index (χ3n) is 2.78. The topological polar surface area (TPSA) is 50.3 Å². The van der Waals surface area contributed by atoms with Gasteiger partial charge in [-0.1, -0.05) is 15.9 Å². The number of hydrogen-bond acceptors (Lipinski definition) is 4. The van der Waals surface area contributed by atoms with Crippen LogP contribution in [0.15, 0.2) is 32.4 Å². The van der Waals surface area contributed by atoms with Crippen LogP contribution in [0.5, 0.6) is 0 Å². The molecular formula is C12H11BrClFN2O2S2. The quantitative estimate of drug-likeness (QED) is 0.704. The van der Waals surface area contributed by atoms with Gasteiger partial charge in [-0.2, -0.15) is 4.31 Å². The lowest BCUT2D eigenvalue weighted by Crippen LogP contribution is -2.27. The van der Waals surface area contributed by atoms with E-state index in [1.807, 2.05) is 0 Å². The molecule has 0 spiro atoms. The van der Waals surface area contributed by atoms with E-state index in [-0.39, 0.29) is 18.0 Å². The highest BCUT2D eigenvalue weighted by Crippen LogP contribution is 2.27. The van der Waals surface area contributed by atoms with Gasteiger partial charge in [-0.3, -0.25) is 0 Å². The highest BCUT2D eigenvalue weighted by molar-refractivity contribution is 9.10. The maximum Gasteiger partial charge on any atom is 0.246 e. The van der Waals surface area contributed by atoms with Gasteiger partial charge in [0.15, 0.2) is 0 Å². The molecule has 0 bridgehead atoms. The molecule has 0 aliphatic carbocycles. The molecule has 0 saturated heterocycles. The van der Waals surface area contributed by atoms with E-state index in [1.165, 1.54) is 30.5 Å². The summed E-state index contributed by atoms with van der Waals surface area (Å²) in [5, 5.41) is 1.74. The Bertz CT molecular complexity index is 738. The molecular weight excluding hydrogens is 403 g/mol. The number of thiazole rings is 1. The van der Waals surface area contributed by atoms with Crippen molar-refractivity contribution < 1.29 is 12.8 Å². The van der Waals surface area contributed by atoms with Crippen LogP contribution in [-0.2, 0) is 22.4 Å². The van der Waals surface area contributed by atoms with Gasteiger partial charge in [-0.05, 0) is 12.1 Å². The van der Waals surface area contributed by atoms with Gasteiger partial charge >= 0.3 is 0 Å². The van der Waals surface area contributed by atoms with Gasteiger partial charge < -0.3 is 0 Å². The second-order valence-corrected chi connectivity index (χ2v) is 8.17. The fourth-order valence-electron chi connectivity index (χ4n) is 1.70. The molecule has 0 amide bonds. The number of aromatic nitrogens is 1. The molecule has 2 rings (SSSR count). The van der Waals surface area contributed by atoms with E-state index < -0.39 is 20.7 Å². The minimum absolute atomic E-state index is 0.0774. The molecule has 9 heteroatoms. The number of benzene rings is 1. The average Bonchev–Trinajstić information content (AvgIpc) is 2.93. The number of rotatable bonds is 5. The number of halogens is 3. The van der Waals surface area contributed by atoms with Crippen LogP contribution in [0.1, 0.15) is 11.3 Å². The Morgan fingerprint density at radius 3 is 2.76 bits per heavy atom. The summed E-state index contributed by atoms with van der Waals surface area (Å²) in [7, 11) is -2.58. The predicted octanol–water partition coefficient (Wildman–Crippen LogP) is 3.60. The molecule has 0 aliphatic rings. The number of hydrogen-bond donors (Lipinski definition) is 0. The summed E-state index contributed by atoms with van der Waals surface area (Å²) in [5.41, 5.74) is 2.35. The lowest BCUT2D eigenvalue weighted by atomic mass is 10.2. The van der Waals surface area contributed by atoms with E-state index in [0.717, 1.165) is 4.31 Å². The summed E-state index contributed by atoms with van der Waals surface area (Å²) < 4.78 is 40.8. The monoisotopic (exact) mass is 412 g/mol. The Balaban J connectivity index is 2.41. The Kier molecular flexibility index (Phi) is 5.37. The Labute approximate surface area is 139 Å². The van der Waals surface area contributed by atoms with Gasteiger partial charge in [-0.25, -0.2) is 17.8 Å². The standard InChI is InChI=1S/C12H11BrClFN2O2S2/c1-17(5-10-6-20-7-16-10)21(18,19)11-3-9(13)2-8(4-14)12(11)15/h2-3,6-7H,4-5H2,1H3. The molecule has 1 aromatic heterocycles. The molecule has 114 valence electrons. The maximum absolute atomic E-state index is 14.3. The highest BCUT2D eigenvalue weighted by atomic mass is 79.9. The summed E-state index contributed by atoms with van der Waals surface area (Å²) in [6.07, 6.45) is 0. The van der Waals surface area contributed by atoms with Gasteiger partial charge in [0.05, 0.1) is 23.6 Å². The van der Waals surface area contributed by atoms with Crippen molar-refractivity contribution in [3.8, 4) is 0 Å². The molecule has 2 aromatic rings. The lowest BCUT2D eigenvalue weighted by Gasteiger charge is -2.17. The SMILES string of the molecule is CN(Cc1cscn1)S(=O)(=O)c1cc(Br)cc(CCl)c1F. The van der Waals surface area contributed by atoms with Crippen molar-refractivity contribution in [3.63, 3.8) is 0 Å². The van der Waals surface area contributed by atoms with Crippen molar-refractivity contribution in [2.45, 2.75) is 17.3 Å². The van der Waals surface area contributed by atoms with Crippen molar-refractivity contribution >= 4 is 48.9 Å². The molecule has 21 heavy (non-hydrogen) atoms. The molecule has 0 N–H and O–H groups in total. The first kappa shape index (κ1) is 16.8. The van der Waals surface area contributed by atoms with E-state index >= 15 is 0 Å². The zero-order chi connectivity index (χ0) is 15.6. The number of alkyl halides is 1. The number of sulfonamides is 1. The minimum atomic E-state index is -3.97. The van der Waals surface area contributed by atoms with Gasteiger partial charge in [0, 0.05) is 22.5 Å².